The molecule has 0 radical (unpaired) electrons. The Morgan fingerprint density at radius 1 is 1.26 bits per heavy atom. The summed E-state index contributed by atoms with van der Waals surface area (Å²) in [4.78, 5) is 11.6. The van der Waals surface area contributed by atoms with E-state index in [1.54, 1.807) is 7.11 Å². The highest BCUT2D eigenvalue weighted by atomic mass is 16.5. The number of carboxylic acid groups (broad SMARTS) is 1. The van der Waals surface area contributed by atoms with Gasteiger partial charge in [-0.2, -0.15) is 0 Å². The van der Waals surface area contributed by atoms with Crippen LogP contribution in [0, 0.1) is 0 Å². The molecular weight excluding hydrogens is 292 g/mol. The molecule has 0 spiro atoms. The van der Waals surface area contributed by atoms with Crippen molar-refractivity contribution >= 4 is 5.97 Å². The van der Waals surface area contributed by atoms with Crippen LogP contribution in [0.15, 0.2) is 48.5 Å². The third kappa shape index (κ3) is 3.08. The maximum atomic E-state index is 11.6. The van der Waals surface area contributed by atoms with Gasteiger partial charge in [-0.3, -0.25) is 0 Å². The van der Waals surface area contributed by atoms with Crippen LogP contribution >= 0.6 is 0 Å². The highest BCUT2D eigenvalue weighted by Gasteiger charge is 2.42. The molecule has 1 heterocycles. The second kappa shape index (κ2) is 6.42. The van der Waals surface area contributed by atoms with Crippen molar-refractivity contribution in [1.82, 2.24) is 0 Å². The first-order chi connectivity index (χ1) is 11.1. The molecule has 4 nitrogen and oxygen atoms in total. The van der Waals surface area contributed by atoms with E-state index >= 15 is 0 Å². The third-order valence-electron chi connectivity index (χ3n) is 4.33. The van der Waals surface area contributed by atoms with Crippen molar-refractivity contribution in [2.75, 3.05) is 13.7 Å². The number of hydrogen-bond acceptors (Lipinski definition) is 3. The van der Waals surface area contributed by atoms with Crippen LogP contribution in [0.25, 0.3) is 11.1 Å². The van der Waals surface area contributed by atoms with Crippen molar-refractivity contribution in [1.29, 1.82) is 0 Å². The normalized spacial score (nSPS) is 20.4. The second-order valence-corrected chi connectivity index (χ2v) is 5.83. The van der Waals surface area contributed by atoms with Crippen LogP contribution in [0.1, 0.15) is 18.4 Å². The van der Waals surface area contributed by atoms with Crippen LogP contribution in [0.4, 0.5) is 0 Å². The average Bonchev–Trinajstić information content (AvgIpc) is 3.05. The molecule has 1 atom stereocenters. The lowest BCUT2D eigenvalue weighted by Gasteiger charge is -2.23. The van der Waals surface area contributed by atoms with Gasteiger partial charge in [-0.1, -0.05) is 42.5 Å². The van der Waals surface area contributed by atoms with Crippen LogP contribution in [0.3, 0.4) is 0 Å². The summed E-state index contributed by atoms with van der Waals surface area (Å²) in [6.07, 6.45) is 1.73. The van der Waals surface area contributed by atoms with Crippen molar-refractivity contribution in [2.24, 2.45) is 0 Å². The third-order valence-corrected chi connectivity index (χ3v) is 4.33. The van der Waals surface area contributed by atoms with Gasteiger partial charge in [0, 0.05) is 18.6 Å². The van der Waals surface area contributed by atoms with E-state index < -0.39 is 11.6 Å². The number of rotatable bonds is 5. The largest absolute Gasteiger partial charge is 0.496 e. The fraction of sp³-hybridized carbons (Fsp3) is 0.316. The van der Waals surface area contributed by atoms with Crippen LogP contribution in [-0.4, -0.2) is 30.4 Å². The summed E-state index contributed by atoms with van der Waals surface area (Å²) in [6, 6.07) is 15.7. The van der Waals surface area contributed by atoms with Crippen molar-refractivity contribution in [3.8, 4) is 16.9 Å². The molecule has 0 bridgehead atoms. The van der Waals surface area contributed by atoms with Gasteiger partial charge in [0.15, 0.2) is 5.60 Å². The SMILES string of the molecule is COc1ccccc1-c1cccc(CC2(C(=O)O)CCCO2)c1. The maximum absolute atomic E-state index is 11.6. The molecule has 0 saturated carbocycles. The lowest BCUT2D eigenvalue weighted by Crippen LogP contribution is -2.40. The summed E-state index contributed by atoms with van der Waals surface area (Å²) in [5.41, 5.74) is 1.88. The van der Waals surface area contributed by atoms with E-state index in [4.69, 9.17) is 9.47 Å². The molecule has 0 amide bonds. The Morgan fingerprint density at radius 2 is 2.09 bits per heavy atom. The first-order valence-corrected chi connectivity index (χ1v) is 7.74. The van der Waals surface area contributed by atoms with E-state index in [-0.39, 0.29) is 0 Å². The standard InChI is InChI=1S/C19H20O4/c1-22-17-9-3-2-8-16(17)15-7-4-6-14(12-15)13-19(18(20)21)10-5-11-23-19/h2-4,6-9,12H,5,10-11,13H2,1H3,(H,20,21). The molecule has 1 fully saturated rings. The predicted octanol–water partition coefficient (Wildman–Crippen LogP) is 3.54. The molecule has 4 heteroatoms. The van der Waals surface area contributed by atoms with Crippen LogP contribution in [-0.2, 0) is 16.0 Å². The van der Waals surface area contributed by atoms with Crippen molar-refractivity contribution < 1.29 is 19.4 Å². The second-order valence-electron chi connectivity index (χ2n) is 5.83. The lowest BCUT2D eigenvalue weighted by molar-refractivity contribution is -0.159. The summed E-state index contributed by atoms with van der Waals surface area (Å²) >= 11 is 0. The summed E-state index contributed by atoms with van der Waals surface area (Å²) in [6.45, 7) is 0.512. The smallest absolute Gasteiger partial charge is 0.336 e. The molecule has 1 unspecified atom stereocenters. The van der Waals surface area contributed by atoms with Gasteiger partial charge >= 0.3 is 5.97 Å². The molecule has 1 N–H and O–H groups in total. The number of aliphatic carboxylic acids is 1. The number of ether oxygens (including phenoxy) is 2. The van der Waals surface area contributed by atoms with E-state index in [1.807, 2.05) is 48.5 Å². The molecule has 1 saturated heterocycles. The number of carboxylic acids is 1. The zero-order valence-electron chi connectivity index (χ0n) is 13.1. The molecule has 3 rings (SSSR count). The number of methoxy groups -OCH3 is 1. The van der Waals surface area contributed by atoms with E-state index in [1.165, 1.54) is 0 Å². The molecule has 23 heavy (non-hydrogen) atoms. The number of hydrogen-bond donors (Lipinski definition) is 1. The molecule has 2 aromatic carbocycles. The van der Waals surface area contributed by atoms with E-state index in [9.17, 15) is 9.90 Å². The van der Waals surface area contributed by atoms with Gasteiger partial charge in [0.25, 0.3) is 0 Å². The van der Waals surface area contributed by atoms with Gasteiger partial charge in [0.2, 0.25) is 0 Å². The Hall–Kier alpha value is -2.33. The quantitative estimate of drug-likeness (QED) is 0.917. The van der Waals surface area contributed by atoms with Gasteiger partial charge < -0.3 is 14.6 Å². The van der Waals surface area contributed by atoms with E-state index in [0.717, 1.165) is 28.9 Å². The monoisotopic (exact) mass is 312 g/mol. The Kier molecular flexibility index (Phi) is 4.35. The minimum atomic E-state index is -1.08. The minimum absolute atomic E-state index is 0.380. The van der Waals surface area contributed by atoms with Gasteiger partial charge in [-0.05, 0) is 30.0 Å². The van der Waals surface area contributed by atoms with Gasteiger partial charge in [0.05, 0.1) is 7.11 Å². The Balaban J connectivity index is 1.93. The topological polar surface area (TPSA) is 55.8 Å². The van der Waals surface area contributed by atoms with Gasteiger partial charge in [-0.15, -0.1) is 0 Å². The van der Waals surface area contributed by atoms with Crippen molar-refractivity contribution in [2.45, 2.75) is 24.9 Å². The molecule has 1 aliphatic rings. The summed E-state index contributed by atoms with van der Waals surface area (Å²) in [7, 11) is 1.65. The maximum Gasteiger partial charge on any atom is 0.336 e. The summed E-state index contributed by atoms with van der Waals surface area (Å²) < 4.78 is 11.0. The first-order valence-electron chi connectivity index (χ1n) is 7.74. The molecular formula is C19H20O4. The molecule has 0 aliphatic carbocycles. The Morgan fingerprint density at radius 3 is 2.78 bits per heavy atom. The van der Waals surface area contributed by atoms with Gasteiger partial charge in [0.1, 0.15) is 5.75 Å². The first kappa shape index (κ1) is 15.6. The highest BCUT2D eigenvalue weighted by molar-refractivity contribution is 5.78. The van der Waals surface area contributed by atoms with Crippen molar-refractivity contribution in [3.63, 3.8) is 0 Å². The zero-order chi connectivity index (χ0) is 16.3. The van der Waals surface area contributed by atoms with Crippen LogP contribution < -0.4 is 4.74 Å². The van der Waals surface area contributed by atoms with E-state index in [2.05, 4.69) is 0 Å². The zero-order valence-corrected chi connectivity index (χ0v) is 13.1. The average molecular weight is 312 g/mol. The number of para-hydroxylation sites is 1. The summed E-state index contributed by atoms with van der Waals surface area (Å²) in [5.74, 6) is -0.0765. The predicted molar refractivity (Wildman–Crippen MR) is 87.7 cm³/mol. The highest BCUT2D eigenvalue weighted by Crippen LogP contribution is 2.33. The molecule has 0 aromatic heterocycles. The fourth-order valence-electron chi connectivity index (χ4n) is 3.14. The molecule has 120 valence electrons. The van der Waals surface area contributed by atoms with E-state index in [0.29, 0.717) is 19.4 Å². The number of carbonyl (C=O) groups is 1. The van der Waals surface area contributed by atoms with Crippen LogP contribution in [0.5, 0.6) is 5.75 Å². The molecule has 2 aromatic rings. The van der Waals surface area contributed by atoms with Gasteiger partial charge in [-0.25, -0.2) is 4.79 Å². The number of benzene rings is 2. The Labute approximate surface area is 135 Å². The fourth-order valence-corrected chi connectivity index (χ4v) is 3.14. The van der Waals surface area contributed by atoms with Crippen LogP contribution in [0.2, 0.25) is 0 Å². The minimum Gasteiger partial charge on any atom is -0.496 e. The Bertz CT molecular complexity index is 702. The van der Waals surface area contributed by atoms with Crippen molar-refractivity contribution in [3.05, 3.63) is 54.1 Å². The molecule has 1 aliphatic heterocycles. The summed E-state index contributed by atoms with van der Waals surface area (Å²) in [5, 5.41) is 9.55. The lowest BCUT2D eigenvalue weighted by atomic mass is 9.90.